The highest BCUT2D eigenvalue weighted by Crippen LogP contribution is 2.28. The van der Waals surface area contributed by atoms with E-state index in [1.807, 2.05) is 25.7 Å². The topological polar surface area (TPSA) is 52.7 Å². The maximum absolute atomic E-state index is 12.7. The fraction of sp³-hybridized carbons (Fsp3) is 0.895. The standard InChI is InChI=1S/C19H35N3O2/c1-4-17(23)15-19(2,3)18(24)22-11-6-16(7-12-22)5-10-21-13-8-20-9-14-21/h16,20H,4-15H2,1-3H3. The number of amides is 1. The maximum atomic E-state index is 12.7. The van der Waals surface area contributed by atoms with Crippen LogP contribution in [0.2, 0.25) is 0 Å². The van der Waals surface area contributed by atoms with Gasteiger partial charge in [-0.15, -0.1) is 0 Å². The Labute approximate surface area is 147 Å². The molecule has 0 bridgehead atoms. The summed E-state index contributed by atoms with van der Waals surface area (Å²) < 4.78 is 0. The predicted octanol–water partition coefficient (Wildman–Crippen LogP) is 1.92. The van der Waals surface area contributed by atoms with E-state index in [0.29, 0.717) is 12.8 Å². The Bertz CT molecular complexity index is 422. The third-order valence-electron chi connectivity index (χ3n) is 5.58. The molecule has 2 aliphatic rings. The number of piperazine rings is 1. The van der Waals surface area contributed by atoms with Gasteiger partial charge < -0.3 is 15.1 Å². The summed E-state index contributed by atoms with van der Waals surface area (Å²) in [5.74, 6) is 1.08. The molecule has 0 aromatic carbocycles. The Balaban J connectivity index is 1.73. The Morgan fingerprint density at radius 1 is 1.08 bits per heavy atom. The summed E-state index contributed by atoms with van der Waals surface area (Å²) in [6.07, 6.45) is 4.35. The van der Waals surface area contributed by atoms with E-state index in [1.54, 1.807) is 0 Å². The number of piperidine rings is 1. The van der Waals surface area contributed by atoms with Crippen molar-refractivity contribution in [1.29, 1.82) is 0 Å². The van der Waals surface area contributed by atoms with E-state index in [9.17, 15) is 9.59 Å². The Hall–Kier alpha value is -0.940. The van der Waals surface area contributed by atoms with Gasteiger partial charge in [-0.05, 0) is 31.7 Å². The van der Waals surface area contributed by atoms with Crippen molar-refractivity contribution in [3.8, 4) is 0 Å². The number of hydrogen-bond donors (Lipinski definition) is 1. The molecule has 2 rings (SSSR count). The molecule has 0 unspecified atom stereocenters. The van der Waals surface area contributed by atoms with Crippen LogP contribution >= 0.6 is 0 Å². The van der Waals surface area contributed by atoms with Gasteiger partial charge in [0.15, 0.2) is 0 Å². The van der Waals surface area contributed by atoms with E-state index in [-0.39, 0.29) is 11.7 Å². The third-order valence-corrected chi connectivity index (χ3v) is 5.58. The molecule has 0 aromatic rings. The van der Waals surface area contributed by atoms with Crippen LogP contribution in [-0.4, -0.2) is 67.3 Å². The van der Waals surface area contributed by atoms with Crippen LogP contribution in [-0.2, 0) is 9.59 Å². The van der Waals surface area contributed by atoms with Crippen LogP contribution < -0.4 is 5.32 Å². The SMILES string of the molecule is CCC(=O)CC(C)(C)C(=O)N1CCC(CCN2CCNCC2)CC1. The van der Waals surface area contributed by atoms with Gasteiger partial charge in [-0.2, -0.15) is 0 Å². The largest absolute Gasteiger partial charge is 0.342 e. The van der Waals surface area contributed by atoms with Crippen LogP contribution in [0.1, 0.15) is 52.9 Å². The van der Waals surface area contributed by atoms with Crippen molar-refractivity contribution in [2.24, 2.45) is 11.3 Å². The summed E-state index contributed by atoms with van der Waals surface area (Å²) in [5, 5.41) is 3.39. The lowest BCUT2D eigenvalue weighted by atomic mass is 9.83. The summed E-state index contributed by atoms with van der Waals surface area (Å²) in [5.41, 5.74) is -0.555. The third kappa shape index (κ3) is 5.55. The van der Waals surface area contributed by atoms with Crippen LogP contribution in [0, 0.1) is 11.3 Å². The lowest BCUT2D eigenvalue weighted by Crippen LogP contribution is -2.47. The highest BCUT2D eigenvalue weighted by atomic mass is 16.2. The molecule has 2 fully saturated rings. The van der Waals surface area contributed by atoms with Crippen LogP contribution in [0.5, 0.6) is 0 Å². The van der Waals surface area contributed by atoms with Gasteiger partial charge in [-0.1, -0.05) is 20.8 Å². The molecule has 5 nitrogen and oxygen atoms in total. The molecule has 24 heavy (non-hydrogen) atoms. The average Bonchev–Trinajstić information content (AvgIpc) is 2.60. The number of nitrogens with one attached hydrogen (secondary N) is 1. The summed E-state index contributed by atoms with van der Waals surface area (Å²) >= 11 is 0. The molecule has 138 valence electrons. The monoisotopic (exact) mass is 337 g/mol. The average molecular weight is 338 g/mol. The van der Waals surface area contributed by atoms with Crippen molar-refractivity contribution in [2.75, 3.05) is 45.8 Å². The van der Waals surface area contributed by atoms with E-state index >= 15 is 0 Å². The number of hydrogen-bond acceptors (Lipinski definition) is 4. The van der Waals surface area contributed by atoms with E-state index in [1.165, 1.54) is 13.0 Å². The zero-order valence-electron chi connectivity index (χ0n) is 15.8. The van der Waals surface area contributed by atoms with Crippen molar-refractivity contribution < 1.29 is 9.59 Å². The molecule has 0 aromatic heterocycles. The first kappa shape index (κ1) is 19.4. The molecule has 0 aliphatic carbocycles. The molecule has 2 heterocycles. The molecule has 0 atom stereocenters. The van der Waals surface area contributed by atoms with Crippen LogP contribution in [0.3, 0.4) is 0 Å². The predicted molar refractivity (Wildman–Crippen MR) is 96.9 cm³/mol. The van der Waals surface area contributed by atoms with Crippen LogP contribution in [0.4, 0.5) is 0 Å². The summed E-state index contributed by atoms with van der Waals surface area (Å²) in [6, 6.07) is 0. The zero-order chi connectivity index (χ0) is 17.6. The van der Waals surface area contributed by atoms with Gasteiger partial charge in [-0.3, -0.25) is 9.59 Å². The summed E-state index contributed by atoms with van der Waals surface area (Å²) in [7, 11) is 0. The Morgan fingerprint density at radius 2 is 1.71 bits per heavy atom. The minimum absolute atomic E-state index is 0.157. The number of likely N-dealkylation sites (tertiary alicyclic amines) is 1. The number of ketones is 1. The second-order valence-electron chi connectivity index (χ2n) is 8.07. The lowest BCUT2D eigenvalue weighted by Gasteiger charge is -2.37. The van der Waals surface area contributed by atoms with Crippen molar-refractivity contribution >= 4 is 11.7 Å². The van der Waals surface area contributed by atoms with Gasteiger partial charge in [0.1, 0.15) is 5.78 Å². The van der Waals surface area contributed by atoms with Crippen molar-refractivity contribution in [2.45, 2.75) is 52.9 Å². The first-order chi connectivity index (χ1) is 11.4. The van der Waals surface area contributed by atoms with Crippen LogP contribution in [0.15, 0.2) is 0 Å². The van der Waals surface area contributed by atoms with Gasteiger partial charge in [0.25, 0.3) is 0 Å². The Kier molecular flexibility index (Phi) is 7.23. The van der Waals surface area contributed by atoms with E-state index in [4.69, 9.17) is 0 Å². The fourth-order valence-electron chi connectivity index (χ4n) is 3.85. The number of carbonyl (C=O) groups excluding carboxylic acids is 2. The second-order valence-corrected chi connectivity index (χ2v) is 8.07. The molecule has 2 aliphatic heterocycles. The number of Topliss-reactive ketones (excluding diaryl/α,β-unsaturated/α-hetero) is 1. The number of nitrogens with zero attached hydrogens (tertiary/aromatic N) is 2. The van der Waals surface area contributed by atoms with Gasteiger partial charge in [0.2, 0.25) is 5.91 Å². The first-order valence-corrected chi connectivity index (χ1v) is 9.66. The van der Waals surface area contributed by atoms with E-state index in [2.05, 4.69) is 10.2 Å². The van der Waals surface area contributed by atoms with E-state index < -0.39 is 5.41 Å². The van der Waals surface area contributed by atoms with Gasteiger partial charge in [0, 0.05) is 52.1 Å². The molecular weight excluding hydrogens is 302 g/mol. The van der Waals surface area contributed by atoms with Crippen molar-refractivity contribution in [3.63, 3.8) is 0 Å². The molecule has 0 saturated carbocycles. The van der Waals surface area contributed by atoms with Gasteiger partial charge in [-0.25, -0.2) is 0 Å². The molecule has 0 radical (unpaired) electrons. The molecule has 1 amide bonds. The minimum atomic E-state index is -0.555. The molecule has 0 spiro atoms. The molecule has 1 N–H and O–H groups in total. The zero-order valence-corrected chi connectivity index (χ0v) is 15.8. The second kappa shape index (κ2) is 8.95. The maximum Gasteiger partial charge on any atom is 0.228 e. The first-order valence-electron chi connectivity index (χ1n) is 9.66. The normalized spacial score (nSPS) is 21.0. The molecular formula is C19H35N3O2. The number of rotatable bonds is 7. The summed E-state index contributed by atoms with van der Waals surface area (Å²) in [4.78, 5) is 29.0. The summed E-state index contributed by atoms with van der Waals surface area (Å²) in [6.45, 7) is 13.1. The van der Waals surface area contributed by atoms with Gasteiger partial charge in [0.05, 0.1) is 5.41 Å². The van der Waals surface area contributed by atoms with Crippen molar-refractivity contribution in [1.82, 2.24) is 15.1 Å². The highest BCUT2D eigenvalue weighted by molar-refractivity contribution is 5.89. The van der Waals surface area contributed by atoms with Crippen molar-refractivity contribution in [3.05, 3.63) is 0 Å². The lowest BCUT2D eigenvalue weighted by molar-refractivity contribution is -0.144. The van der Waals surface area contributed by atoms with Gasteiger partial charge >= 0.3 is 0 Å². The fourth-order valence-corrected chi connectivity index (χ4v) is 3.85. The van der Waals surface area contributed by atoms with E-state index in [0.717, 1.165) is 58.0 Å². The smallest absolute Gasteiger partial charge is 0.228 e. The molecule has 2 saturated heterocycles. The quantitative estimate of drug-likeness (QED) is 0.771. The highest BCUT2D eigenvalue weighted by Gasteiger charge is 2.35. The molecule has 5 heteroatoms. The van der Waals surface area contributed by atoms with Crippen LogP contribution in [0.25, 0.3) is 0 Å². The Morgan fingerprint density at radius 3 is 2.29 bits per heavy atom. The minimum Gasteiger partial charge on any atom is -0.342 e. The number of carbonyl (C=O) groups is 2.